The fraction of sp³-hybridized carbons (Fsp3) is 0.789. The van der Waals surface area contributed by atoms with Gasteiger partial charge in [0.05, 0.1) is 12.9 Å². The molecule has 0 aliphatic carbocycles. The Kier molecular flexibility index (Phi) is 8.34. The van der Waals surface area contributed by atoms with Gasteiger partial charge in [0.2, 0.25) is 8.32 Å². The van der Waals surface area contributed by atoms with Crippen LogP contribution in [0.25, 0.3) is 0 Å². The largest absolute Gasteiger partial charge is 0.492 e. The molecule has 26 heavy (non-hydrogen) atoms. The molecule has 0 aromatic heterocycles. The van der Waals surface area contributed by atoms with Crippen LogP contribution < -0.4 is 0 Å². The minimum Gasteiger partial charge on any atom is -0.492 e. The van der Waals surface area contributed by atoms with Gasteiger partial charge in [0.25, 0.3) is 0 Å². The van der Waals surface area contributed by atoms with Gasteiger partial charge in [-0.2, -0.15) is 0 Å². The molecule has 0 spiro atoms. The van der Waals surface area contributed by atoms with Crippen LogP contribution in [0.4, 0.5) is 0 Å². The molecule has 0 radical (unpaired) electrons. The van der Waals surface area contributed by atoms with E-state index in [-0.39, 0.29) is 0 Å². The van der Waals surface area contributed by atoms with Gasteiger partial charge in [-0.3, -0.25) is 9.59 Å². The van der Waals surface area contributed by atoms with Crippen LogP contribution in [0.3, 0.4) is 0 Å². The summed E-state index contributed by atoms with van der Waals surface area (Å²) in [5.41, 5.74) is 1.29. The molecule has 0 aromatic carbocycles. The average Bonchev–Trinajstić information content (AvgIpc) is 2.48. The molecular formula is C19H34O6Si. The second-order valence-corrected chi connectivity index (χ2v) is 13.2. The van der Waals surface area contributed by atoms with Crippen LogP contribution in [-0.2, 0) is 28.2 Å². The Labute approximate surface area is 158 Å². The lowest BCUT2D eigenvalue weighted by Gasteiger charge is -2.44. The number of rotatable bonds is 8. The summed E-state index contributed by atoms with van der Waals surface area (Å²) in [5, 5.41) is 0. The van der Waals surface area contributed by atoms with Gasteiger partial charge >= 0.3 is 11.9 Å². The summed E-state index contributed by atoms with van der Waals surface area (Å²) in [4.78, 5) is 22.9. The predicted molar refractivity (Wildman–Crippen MR) is 102 cm³/mol. The average molecular weight is 387 g/mol. The number of esters is 2. The van der Waals surface area contributed by atoms with Crippen molar-refractivity contribution in [3.63, 3.8) is 0 Å². The van der Waals surface area contributed by atoms with E-state index in [0.29, 0.717) is 23.2 Å². The van der Waals surface area contributed by atoms with Crippen molar-refractivity contribution in [2.24, 2.45) is 0 Å². The lowest BCUT2D eigenvalue weighted by molar-refractivity contribution is -0.175. The fourth-order valence-electron chi connectivity index (χ4n) is 4.12. The van der Waals surface area contributed by atoms with E-state index in [4.69, 9.17) is 18.6 Å². The normalized spacial score (nSPS) is 23.3. The Morgan fingerprint density at radius 3 is 1.88 bits per heavy atom. The van der Waals surface area contributed by atoms with Gasteiger partial charge in [0.15, 0.2) is 18.3 Å². The number of ether oxygens (including phenoxy) is 3. The highest BCUT2D eigenvalue weighted by Crippen LogP contribution is 2.42. The zero-order valence-corrected chi connectivity index (χ0v) is 18.3. The van der Waals surface area contributed by atoms with Gasteiger partial charge in [0, 0.05) is 13.8 Å². The van der Waals surface area contributed by atoms with Crippen molar-refractivity contribution < 1.29 is 28.2 Å². The van der Waals surface area contributed by atoms with Crippen LogP contribution in [0.15, 0.2) is 12.3 Å². The number of hydrogen-bond donors (Lipinski definition) is 0. The van der Waals surface area contributed by atoms with Crippen molar-refractivity contribution in [1.82, 2.24) is 0 Å². The number of hydrogen-bond acceptors (Lipinski definition) is 6. The first-order valence-corrected chi connectivity index (χ1v) is 11.5. The van der Waals surface area contributed by atoms with Gasteiger partial charge in [-0.05, 0) is 22.7 Å². The van der Waals surface area contributed by atoms with E-state index in [1.54, 1.807) is 6.08 Å². The highest BCUT2D eigenvalue weighted by molar-refractivity contribution is 6.77. The first-order chi connectivity index (χ1) is 12.0. The van der Waals surface area contributed by atoms with Crippen LogP contribution in [0.1, 0.15) is 55.4 Å². The Hall–Kier alpha value is -1.34. The molecule has 0 saturated heterocycles. The molecule has 1 aliphatic rings. The van der Waals surface area contributed by atoms with E-state index in [1.807, 2.05) is 0 Å². The highest BCUT2D eigenvalue weighted by atomic mass is 28.4. The van der Waals surface area contributed by atoms with Gasteiger partial charge in [-0.25, -0.2) is 0 Å². The Bertz CT molecular complexity index is 492. The Morgan fingerprint density at radius 2 is 1.46 bits per heavy atom. The second-order valence-electron chi connectivity index (χ2n) is 7.78. The molecule has 0 N–H and O–H groups in total. The zero-order valence-electron chi connectivity index (χ0n) is 17.3. The van der Waals surface area contributed by atoms with Crippen LogP contribution in [0, 0.1) is 0 Å². The molecule has 0 aromatic rings. The number of carbonyl (C=O) groups excluding carboxylic acids is 2. The lowest BCUT2D eigenvalue weighted by atomic mass is 10.1. The van der Waals surface area contributed by atoms with E-state index < -0.39 is 38.6 Å². The minimum atomic E-state index is -2.09. The molecule has 1 aliphatic heterocycles. The first-order valence-electron chi connectivity index (χ1n) is 9.32. The zero-order chi connectivity index (χ0) is 20.1. The second kappa shape index (κ2) is 9.55. The summed E-state index contributed by atoms with van der Waals surface area (Å²) in [6.45, 7) is 16.2. The molecule has 150 valence electrons. The van der Waals surface area contributed by atoms with Gasteiger partial charge in [-0.1, -0.05) is 41.5 Å². The minimum absolute atomic E-state index is 0.292. The molecule has 0 fully saturated rings. The van der Waals surface area contributed by atoms with Gasteiger partial charge < -0.3 is 18.6 Å². The molecule has 0 bridgehead atoms. The predicted octanol–water partition coefficient (Wildman–Crippen LogP) is 3.95. The van der Waals surface area contributed by atoms with E-state index in [1.165, 1.54) is 20.1 Å². The molecule has 6 nitrogen and oxygen atoms in total. The van der Waals surface area contributed by atoms with E-state index in [9.17, 15) is 9.59 Å². The maximum Gasteiger partial charge on any atom is 0.303 e. The van der Waals surface area contributed by atoms with E-state index in [0.717, 1.165) is 0 Å². The van der Waals surface area contributed by atoms with Crippen molar-refractivity contribution >= 4 is 20.3 Å². The molecule has 0 amide bonds. The van der Waals surface area contributed by atoms with Crippen molar-refractivity contribution in [2.75, 3.05) is 6.61 Å². The molecule has 1 heterocycles. The molecule has 1 rings (SSSR count). The third kappa shape index (κ3) is 5.33. The first kappa shape index (κ1) is 22.7. The summed E-state index contributed by atoms with van der Waals surface area (Å²) in [5.74, 6) is -0.884. The SMILES string of the molecule is CC(=O)OC1C=COC(CO[Si](C(C)C)(C(C)C)C(C)C)C1OC(C)=O. The van der Waals surface area contributed by atoms with Crippen molar-refractivity contribution in [1.29, 1.82) is 0 Å². The summed E-state index contributed by atoms with van der Waals surface area (Å²) in [6, 6.07) is 0. The summed E-state index contributed by atoms with van der Waals surface area (Å²) < 4.78 is 22.9. The van der Waals surface area contributed by atoms with E-state index in [2.05, 4.69) is 41.5 Å². The Balaban J connectivity index is 3.01. The maximum absolute atomic E-state index is 11.5. The molecule has 3 atom stereocenters. The number of carbonyl (C=O) groups is 2. The topological polar surface area (TPSA) is 71.1 Å². The lowest BCUT2D eigenvalue weighted by Crippen LogP contribution is -2.53. The monoisotopic (exact) mass is 386 g/mol. The van der Waals surface area contributed by atoms with Crippen LogP contribution >= 0.6 is 0 Å². The van der Waals surface area contributed by atoms with Gasteiger partial charge in [-0.15, -0.1) is 0 Å². The van der Waals surface area contributed by atoms with Crippen molar-refractivity contribution in [2.45, 2.75) is 90.3 Å². The van der Waals surface area contributed by atoms with Gasteiger partial charge in [0.1, 0.15) is 0 Å². The van der Waals surface area contributed by atoms with Crippen LogP contribution in [0.5, 0.6) is 0 Å². The fourth-order valence-corrected chi connectivity index (χ4v) is 9.57. The van der Waals surface area contributed by atoms with Crippen LogP contribution in [-0.4, -0.2) is 45.2 Å². The molecule has 3 unspecified atom stereocenters. The highest BCUT2D eigenvalue weighted by Gasteiger charge is 2.47. The third-order valence-electron chi connectivity index (χ3n) is 5.02. The van der Waals surface area contributed by atoms with Crippen LogP contribution in [0.2, 0.25) is 16.6 Å². The smallest absolute Gasteiger partial charge is 0.303 e. The summed E-state index contributed by atoms with van der Waals surface area (Å²) in [7, 11) is -2.09. The standard InChI is InChI=1S/C19H34O6Si/c1-12(2)26(13(3)4,14(5)6)23-11-18-19(25-16(8)21)17(9-10-22-18)24-15(7)20/h9-10,12-14,17-19H,11H2,1-8H3. The maximum atomic E-state index is 11.5. The molecular weight excluding hydrogens is 352 g/mol. The summed E-state index contributed by atoms with van der Waals surface area (Å²) >= 11 is 0. The molecule has 0 saturated carbocycles. The molecule has 7 heteroatoms. The Morgan fingerprint density at radius 1 is 0.962 bits per heavy atom. The van der Waals surface area contributed by atoms with Crippen molar-refractivity contribution in [3.8, 4) is 0 Å². The third-order valence-corrected chi connectivity index (χ3v) is 11.1. The van der Waals surface area contributed by atoms with Crippen molar-refractivity contribution in [3.05, 3.63) is 12.3 Å². The summed E-state index contributed by atoms with van der Waals surface area (Å²) in [6.07, 6.45) is 1.16. The quantitative estimate of drug-likeness (QED) is 0.464. The van der Waals surface area contributed by atoms with E-state index >= 15 is 0 Å².